The highest BCUT2D eigenvalue weighted by atomic mass is 19.1. The van der Waals surface area contributed by atoms with Crippen molar-refractivity contribution in [1.29, 1.82) is 15.8 Å². The van der Waals surface area contributed by atoms with Crippen LogP contribution in [0, 0.1) is 51.1 Å². The second-order valence-electron chi connectivity index (χ2n) is 6.83. The molecule has 2 atom stereocenters. The predicted molar refractivity (Wildman–Crippen MR) is 99.8 cm³/mol. The Hall–Kier alpha value is -3.83. The highest BCUT2D eigenvalue weighted by Gasteiger charge is 2.54. The first kappa shape index (κ1) is 19.9. The van der Waals surface area contributed by atoms with Crippen molar-refractivity contribution in [2.45, 2.75) is 12.8 Å². The van der Waals surface area contributed by atoms with Gasteiger partial charge in [0.25, 0.3) is 0 Å². The lowest BCUT2D eigenvalue weighted by molar-refractivity contribution is 0.0999. The summed E-state index contributed by atoms with van der Waals surface area (Å²) in [6, 6.07) is 11.6. The summed E-state index contributed by atoms with van der Waals surface area (Å²) in [5.41, 5.74) is 5.17. The van der Waals surface area contributed by atoms with Crippen LogP contribution in [-0.2, 0) is 4.74 Å². The van der Waals surface area contributed by atoms with E-state index >= 15 is 0 Å². The predicted octanol–water partition coefficient (Wildman–Crippen LogP) is 2.71. The van der Waals surface area contributed by atoms with Crippen LogP contribution in [0.15, 0.2) is 47.2 Å². The van der Waals surface area contributed by atoms with Crippen LogP contribution in [0.5, 0.6) is 0 Å². The summed E-state index contributed by atoms with van der Waals surface area (Å²) in [5, 5.41) is 29.6. The molecule has 0 spiro atoms. The van der Waals surface area contributed by atoms with Gasteiger partial charge >= 0.3 is 6.09 Å². The van der Waals surface area contributed by atoms with Gasteiger partial charge < -0.3 is 15.4 Å². The van der Waals surface area contributed by atoms with E-state index < -0.39 is 29.2 Å². The van der Waals surface area contributed by atoms with E-state index in [0.29, 0.717) is 11.1 Å². The van der Waals surface area contributed by atoms with Gasteiger partial charge in [0, 0.05) is 24.9 Å². The average molecular weight is 391 g/mol. The fraction of sp³-hybridized carbons (Fsp3) is 0.333. The minimum Gasteiger partial charge on any atom is -0.450 e. The summed E-state index contributed by atoms with van der Waals surface area (Å²) in [7, 11) is 0. The lowest BCUT2D eigenvalue weighted by atomic mass is 9.58. The number of ether oxygens (including phenoxy) is 1. The monoisotopic (exact) mass is 391 g/mol. The number of carbonyl (C=O) groups excluding carboxylic acids is 1. The van der Waals surface area contributed by atoms with Crippen molar-refractivity contribution in [2.75, 3.05) is 19.7 Å². The van der Waals surface area contributed by atoms with E-state index in [1.165, 1.54) is 23.1 Å². The van der Waals surface area contributed by atoms with Gasteiger partial charge in [-0.05, 0) is 30.2 Å². The van der Waals surface area contributed by atoms with Gasteiger partial charge in [-0.25, -0.2) is 9.18 Å². The van der Waals surface area contributed by atoms with E-state index in [9.17, 15) is 25.0 Å². The molecule has 0 saturated carbocycles. The Balaban J connectivity index is 2.24. The molecule has 2 unspecified atom stereocenters. The molecule has 146 valence electrons. The third kappa shape index (κ3) is 3.07. The molecule has 0 aromatic heterocycles. The number of fused-ring (bicyclic) bond motifs is 1. The van der Waals surface area contributed by atoms with Gasteiger partial charge in [-0.15, -0.1) is 0 Å². The molecule has 0 fully saturated rings. The molecule has 1 heterocycles. The molecule has 1 aliphatic carbocycles. The number of benzene rings is 1. The zero-order chi connectivity index (χ0) is 21.2. The number of allylic oxidation sites excluding steroid dienone is 2. The van der Waals surface area contributed by atoms with Crippen molar-refractivity contribution in [1.82, 2.24) is 4.90 Å². The largest absolute Gasteiger partial charge is 0.450 e. The topological polar surface area (TPSA) is 127 Å². The summed E-state index contributed by atoms with van der Waals surface area (Å²) in [5.74, 6) is -1.99. The summed E-state index contributed by atoms with van der Waals surface area (Å²) in [4.78, 5) is 13.7. The summed E-state index contributed by atoms with van der Waals surface area (Å²) in [6.45, 7) is 2.19. The highest BCUT2D eigenvalue weighted by molar-refractivity contribution is 5.69. The minimum atomic E-state index is -1.88. The Morgan fingerprint density at radius 1 is 1.38 bits per heavy atom. The quantitative estimate of drug-likeness (QED) is 0.826. The Kier molecular flexibility index (Phi) is 5.26. The van der Waals surface area contributed by atoms with E-state index in [4.69, 9.17) is 10.5 Å². The number of carbonyl (C=O) groups is 1. The summed E-state index contributed by atoms with van der Waals surface area (Å²) < 4.78 is 19.1. The van der Waals surface area contributed by atoms with Crippen molar-refractivity contribution in [3.63, 3.8) is 0 Å². The number of amides is 1. The Morgan fingerprint density at radius 3 is 2.69 bits per heavy atom. The van der Waals surface area contributed by atoms with Crippen molar-refractivity contribution >= 4 is 6.09 Å². The first-order valence-corrected chi connectivity index (χ1v) is 9.03. The normalized spacial score (nSPS) is 22.4. The van der Waals surface area contributed by atoms with Crippen LogP contribution in [-0.4, -0.2) is 30.7 Å². The third-order valence-corrected chi connectivity index (χ3v) is 5.40. The maximum atomic E-state index is 14.0. The van der Waals surface area contributed by atoms with Gasteiger partial charge in [-0.1, -0.05) is 18.2 Å². The molecule has 0 radical (unpaired) electrons. The molecular formula is C21H18FN5O2. The first-order valence-electron chi connectivity index (χ1n) is 9.03. The number of halogens is 1. The second-order valence-corrected chi connectivity index (χ2v) is 6.83. The first-order chi connectivity index (χ1) is 13.9. The highest BCUT2D eigenvalue weighted by Crippen LogP contribution is 2.54. The molecule has 0 bridgehead atoms. The molecule has 1 amide bonds. The number of nitriles is 3. The van der Waals surface area contributed by atoms with Crippen molar-refractivity contribution in [3.8, 4) is 18.2 Å². The summed E-state index contributed by atoms with van der Waals surface area (Å²) >= 11 is 0. The zero-order valence-electron chi connectivity index (χ0n) is 15.7. The molecule has 2 N–H and O–H groups in total. The van der Waals surface area contributed by atoms with Gasteiger partial charge in [-0.3, -0.25) is 0 Å². The number of nitrogens with zero attached hydrogens (tertiary/aromatic N) is 4. The van der Waals surface area contributed by atoms with Gasteiger partial charge in [0.2, 0.25) is 0 Å². The number of nitrogens with two attached hydrogens (primary N) is 1. The fourth-order valence-electron chi connectivity index (χ4n) is 4.12. The van der Waals surface area contributed by atoms with Crippen LogP contribution >= 0.6 is 0 Å². The van der Waals surface area contributed by atoms with Crippen LogP contribution in [0.3, 0.4) is 0 Å². The molecule has 2 aliphatic rings. The smallest absolute Gasteiger partial charge is 0.410 e. The minimum absolute atomic E-state index is 0.0641. The lowest BCUT2D eigenvalue weighted by Gasteiger charge is -2.45. The van der Waals surface area contributed by atoms with Gasteiger partial charge in [0.1, 0.15) is 11.9 Å². The van der Waals surface area contributed by atoms with Crippen molar-refractivity contribution in [3.05, 3.63) is 58.6 Å². The van der Waals surface area contributed by atoms with Crippen molar-refractivity contribution in [2.24, 2.45) is 17.1 Å². The molecule has 1 aliphatic heterocycles. The molecule has 1 aromatic rings. The van der Waals surface area contributed by atoms with E-state index in [1.54, 1.807) is 19.1 Å². The molecular weight excluding hydrogens is 373 g/mol. The lowest BCUT2D eigenvalue weighted by Crippen LogP contribution is -2.49. The van der Waals surface area contributed by atoms with Crippen LogP contribution in [0.25, 0.3) is 0 Å². The van der Waals surface area contributed by atoms with Crippen LogP contribution in [0.4, 0.5) is 9.18 Å². The van der Waals surface area contributed by atoms with Gasteiger partial charge in [0.15, 0.2) is 5.41 Å². The summed E-state index contributed by atoms with van der Waals surface area (Å²) in [6.07, 6.45) is 1.14. The van der Waals surface area contributed by atoms with Gasteiger partial charge in [0.05, 0.1) is 30.0 Å². The third-order valence-electron chi connectivity index (χ3n) is 5.40. The van der Waals surface area contributed by atoms with Crippen LogP contribution in [0.2, 0.25) is 0 Å². The zero-order valence-corrected chi connectivity index (χ0v) is 15.7. The molecule has 8 heteroatoms. The fourth-order valence-corrected chi connectivity index (χ4v) is 4.12. The maximum Gasteiger partial charge on any atom is 0.410 e. The molecule has 0 saturated heterocycles. The molecule has 3 rings (SSSR count). The second kappa shape index (κ2) is 7.66. The Morgan fingerprint density at radius 2 is 2.10 bits per heavy atom. The molecule has 29 heavy (non-hydrogen) atoms. The average Bonchev–Trinajstić information content (AvgIpc) is 2.73. The molecule has 7 nitrogen and oxygen atoms in total. The number of hydrogen-bond donors (Lipinski definition) is 1. The standard InChI is InChI=1S/C21H18FN5O2/c1-2-29-20(28)27-7-6-15-16(9-23)19(26)21(11-24,12-25)18(17(15)10-27)13-4-3-5-14(22)8-13/h3-6,8,17-18H,2,7,10,26H2,1H3. The maximum absolute atomic E-state index is 14.0. The Labute approximate surface area is 167 Å². The van der Waals surface area contributed by atoms with E-state index in [0.717, 1.165) is 0 Å². The van der Waals surface area contributed by atoms with Crippen LogP contribution in [0.1, 0.15) is 18.4 Å². The van der Waals surface area contributed by atoms with Crippen molar-refractivity contribution < 1.29 is 13.9 Å². The van der Waals surface area contributed by atoms with Gasteiger partial charge in [-0.2, -0.15) is 15.8 Å². The van der Waals surface area contributed by atoms with Crippen LogP contribution < -0.4 is 5.73 Å². The number of rotatable bonds is 2. The van der Waals surface area contributed by atoms with E-state index in [1.807, 2.05) is 18.2 Å². The SMILES string of the molecule is CCOC(=O)N1CC=C2C(C#N)=C(N)C(C#N)(C#N)C(c3cccc(F)c3)C2C1. The molecule has 1 aromatic carbocycles. The van der Waals surface area contributed by atoms with E-state index in [2.05, 4.69) is 0 Å². The Bertz CT molecular complexity index is 1030. The van der Waals surface area contributed by atoms with E-state index in [-0.39, 0.29) is 31.0 Å². The number of hydrogen-bond acceptors (Lipinski definition) is 6.